The summed E-state index contributed by atoms with van der Waals surface area (Å²) in [5.74, 6) is 0.628. The minimum atomic E-state index is 0.628. The minimum Gasteiger partial charge on any atom is -0.373 e. The van der Waals surface area contributed by atoms with Gasteiger partial charge in [-0.1, -0.05) is 53.6 Å². The van der Waals surface area contributed by atoms with Gasteiger partial charge in [0, 0.05) is 5.88 Å². The van der Waals surface area contributed by atoms with Gasteiger partial charge in [-0.2, -0.15) is 0 Å². The van der Waals surface area contributed by atoms with Gasteiger partial charge in [-0.05, 0) is 32.3 Å². The molecule has 0 aromatic heterocycles. The molecule has 0 fully saturated rings. The fourth-order valence-electron chi connectivity index (χ4n) is 1.66. The Hall–Kier alpha value is -1.05. The van der Waals surface area contributed by atoms with Crippen LogP contribution >= 0.6 is 11.6 Å². The third kappa shape index (κ3) is 7.86. The van der Waals surface area contributed by atoms with Gasteiger partial charge in [0.1, 0.15) is 0 Å². The van der Waals surface area contributed by atoms with Crippen molar-refractivity contribution in [2.24, 2.45) is 0 Å². The second-order valence-electron chi connectivity index (χ2n) is 4.77. The van der Waals surface area contributed by atoms with E-state index < -0.39 is 0 Å². The molecule has 0 radical (unpaired) electrons. The first kappa shape index (κ1) is 16.0. The van der Waals surface area contributed by atoms with Gasteiger partial charge < -0.3 is 4.74 Å². The summed E-state index contributed by atoms with van der Waals surface area (Å²) >= 11 is 5.73. The van der Waals surface area contributed by atoms with Gasteiger partial charge >= 0.3 is 0 Å². The van der Waals surface area contributed by atoms with E-state index in [9.17, 15) is 0 Å². The van der Waals surface area contributed by atoms with Gasteiger partial charge in [0.15, 0.2) is 0 Å². The van der Waals surface area contributed by atoms with Crippen LogP contribution < -0.4 is 0 Å². The Kier molecular flexibility index (Phi) is 8.28. The molecule has 0 aliphatic heterocycles. The summed E-state index contributed by atoms with van der Waals surface area (Å²) in [7, 11) is 0. The first-order chi connectivity index (χ1) is 9.22. The van der Waals surface area contributed by atoms with E-state index in [-0.39, 0.29) is 0 Å². The Labute approximate surface area is 121 Å². The monoisotopic (exact) mass is 278 g/mol. The lowest BCUT2D eigenvalue weighted by Gasteiger charge is -2.03. The highest BCUT2D eigenvalue weighted by Gasteiger charge is 1.92. The van der Waals surface area contributed by atoms with Crippen LogP contribution in [-0.4, -0.2) is 12.5 Å². The number of hydrogen-bond donors (Lipinski definition) is 0. The average Bonchev–Trinajstić information content (AvgIpc) is 2.44. The normalized spacial score (nSPS) is 12.8. The zero-order valence-corrected chi connectivity index (χ0v) is 12.6. The zero-order chi connectivity index (χ0) is 13.9. The van der Waals surface area contributed by atoms with Gasteiger partial charge in [0.05, 0.1) is 13.2 Å². The van der Waals surface area contributed by atoms with Crippen molar-refractivity contribution in [3.05, 3.63) is 59.2 Å². The predicted octanol–water partition coefficient (Wildman–Crippen LogP) is 5.11. The molecule has 104 valence electrons. The summed E-state index contributed by atoms with van der Waals surface area (Å²) in [6.45, 7) is 5.57. The maximum atomic E-state index is 5.73. The number of hydrogen-bond acceptors (Lipinski definition) is 1. The maximum Gasteiger partial charge on any atom is 0.0721 e. The number of benzene rings is 1. The second kappa shape index (κ2) is 9.82. The Bertz CT molecular complexity index is 407. The summed E-state index contributed by atoms with van der Waals surface area (Å²) in [6.07, 6.45) is 6.49. The van der Waals surface area contributed by atoms with Crippen LogP contribution in [0.25, 0.3) is 0 Å². The largest absolute Gasteiger partial charge is 0.373 e. The fraction of sp³-hybridized carbons (Fsp3) is 0.412. The smallest absolute Gasteiger partial charge is 0.0721 e. The molecule has 0 bridgehead atoms. The first-order valence-electron chi connectivity index (χ1n) is 6.71. The topological polar surface area (TPSA) is 9.23 Å². The molecule has 1 nitrogen and oxygen atoms in total. The molecule has 0 unspecified atom stereocenters. The van der Waals surface area contributed by atoms with Crippen LogP contribution in [0.5, 0.6) is 0 Å². The van der Waals surface area contributed by atoms with Crippen LogP contribution in [0.1, 0.15) is 32.3 Å². The van der Waals surface area contributed by atoms with Gasteiger partial charge in [-0.15, -0.1) is 11.6 Å². The van der Waals surface area contributed by atoms with Gasteiger partial charge in [-0.3, -0.25) is 0 Å². The first-order valence-corrected chi connectivity index (χ1v) is 7.24. The highest BCUT2D eigenvalue weighted by atomic mass is 35.5. The molecule has 2 heteroatoms. The lowest BCUT2D eigenvalue weighted by molar-refractivity contribution is 0.148. The Morgan fingerprint density at radius 2 is 1.84 bits per heavy atom. The molecule has 1 aromatic rings. The summed E-state index contributed by atoms with van der Waals surface area (Å²) in [4.78, 5) is 0. The number of rotatable bonds is 8. The molecule has 1 aromatic carbocycles. The molecule has 1 rings (SSSR count). The number of halogens is 1. The molecule has 0 heterocycles. The van der Waals surface area contributed by atoms with E-state index in [0.717, 1.165) is 12.8 Å². The van der Waals surface area contributed by atoms with E-state index in [1.807, 2.05) is 18.2 Å². The van der Waals surface area contributed by atoms with Crippen molar-refractivity contribution in [1.29, 1.82) is 0 Å². The van der Waals surface area contributed by atoms with Gasteiger partial charge in [-0.25, -0.2) is 0 Å². The Morgan fingerprint density at radius 1 is 1.11 bits per heavy atom. The van der Waals surface area contributed by atoms with Crippen molar-refractivity contribution < 1.29 is 4.74 Å². The van der Waals surface area contributed by atoms with Crippen LogP contribution in [0.3, 0.4) is 0 Å². The van der Waals surface area contributed by atoms with Crippen molar-refractivity contribution in [2.75, 3.05) is 12.5 Å². The molecule has 0 saturated carbocycles. The van der Waals surface area contributed by atoms with E-state index in [4.69, 9.17) is 16.3 Å². The average molecular weight is 279 g/mol. The molecule has 0 N–H and O–H groups in total. The predicted molar refractivity (Wildman–Crippen MR) is 83.6 cm³/mol. The lowest BCUT2D eigenvalue weighted by atomic mass is 10.1. The molecule has 0 amide bonds. The Balaban J connectivity index is 2.18. The lowest BCUT2D eigenvalue weighted by Crippen LogP contribution is -1.93. The second-order valence-corrected chi connectivity index (χ2v) is 5.04. The van der Waals surface area contributed by atoms with Crippen molar-refractivity contribution in [3.8, 4) is 0 Å². The van der Waals surface area contributed by atoms with Crippen molar-refractivity contribution >= 4 is 11.6 Å². The molecule has 0 saturated heterocycles. The highest BCUT2D eigenvalue weighted by molar-refractivity contribution is 6.19. The van der Waals surface area contributed by atoms with Crippen molar-refractivity contribution in [3.63, 3.8) is 0 Å². The van der Waals surface area contributed by atoms with E-state index in [1.165, 1.54) is 16.7 Å². The molecule has 0 aliphatic carbocycles. The van der Waals surface area contributed by atoms with Crippen LogP contribution in [0.4, 0.5) is 0 Å². The maximum absolute atomic E-state index is 5.73. The van der Waals surface area contributed by atoms with Crippen molar-refractivity contribution in [1.82, 2.24) is 0 Å². The highest BCUT2D eigenvalue weighted by Crippen LogP contribution is 2.08. The van der Waals surface area contributed by atoms with Crippen LogP contribution in [0.15, 0.2) is 53.6 Å². The van der Waals surface area contributed by atoms with E-state index in [0.29, 0.717) is 19.1 Å². The summed E-state index contributed by atoms with van der Waals surface area (Å²) in [5, 5.41) is 0. The Morgan fingerprint density at radius 3 is 2.53 bits per heavy atom. The molecule has 0 atom stereocenters. The van der Waals surface area contributed by atoms with E-state index >= 15 is 0 Å². The fourth-order valence-corrected chi connectivity index (χ4v) is 1.76. The van der Waals surface area contributed by atoms with E-state index in [2.05, 4.69) is 38.1 Å². The summed E-state index contributed by atoms with van der Waals surface area (Å²) < 4.78 is 5.63. The zero-order valence-electron chi connectivity index (χ0n) is 11.9. The van der Waals surface area contributed by atoms with Gasteiger partial charge in [0.2, 0.25) is 0 Å². The summed E-state index contributed by atoms with van der Waals surface area (Å²) in [6, 6.07) is 10.2. The third-order valence-electron chi connectivity index (χ3n) is 2.90. The summed E-state index contributed by atoms with van der Waals surface area (Å²) in [5.41, 5.74) is 3.83. The minimum absolute atomic E-state index is 0.628. The quantitative estimate of drug-likeness (QED) is 0.364. The third-order valence-corrected chi connectivity index (χ3v) is 3.33. The molecule has 0 aliphatic rings. The van der Waals surface area contributed by atoms with Crippen LogP contribution in [0.2, 0.25) is 0 Å². The SMILES string of the molecule is CC(=CCCC(C)=CCOCc1ccccc1)CCl. The molecule has 19 heavy (non-hydrogen) atoms. The number of ether oxygens (including phenoxy) is 1. The van der Waals surface area contributed by atoms with Gasteiger partial charge in [0.25, 0.3) is 0 Å². The van der Waals surface area contributed by atoms with Crippen molar-refractivity contribution in [2.45, 2.75) is 33.3 Å². The number of allylic oxidation sites excluding steroid dienone is 3. The van der Waals surface area contributed by atoms with E-state index in [1.54, 1.807) is 0 Å². The molecule has 0 spiro atoms. The van der Waals surface area contributed by atoms with Crippen LogP contribution in [0, 0.1) is 0 Å². The molecular formula is C17H23ClO. The number of alkyl halides is 1. The standard InChI is InChI=1S/C17H23ClO/c1-15(7-6-8-16(2)13-18)11-12-19-14-17-9-4-3-5-10-17/h3-5,8-11H,6-7,12-14H2,1-2H3. The van der Waals surface area contributed by atoms with Crippen LogP contribution in [-0.2, 0) is 11.3 Å². The molecular weight excluding hydrogens is 256 g/mol.